The van der Waals surface area contributed by atoms with Crippen molar-refractivity contribution >= 4 is 11.3 Å². The quantitative estimate of drug-likeness (QED) is 0.561. The summed E-state index contributed by atoms with van der Waals surface area (Å²) in [4.78, 5) is 9.03. The molecule has 3 rings (SSSR count). The minimum Gasteiger partial charge on any atom is -0.271 e. The molecule has 3 N–H and O–H groups in total. The first-order chi connectivity index (χ1) is 10.4. The van der Waals surface area contributed by atoms with E-state index in [1.807, 2.05) is 36.4 Å². The highest BCUT2D eigenvalue weighted by molar-refractivity contribution is 7.09. The summed E-state index contributed by atoms with van der Waals surface area (Å²) in [6, 6.07) is 16.0. The van der Waals surface area contributed by atoms with Crippen LogP contribution >= 0.6 is 11.3 Å². The van der Waals surface area contributed by atoms with Gasteiger partial charge in [-0.2, -0.15) is 0 Å². The van der Waals surface area contributed by atoms with E-state index in [2.05, 4.69) is 32.9 Å². The van der Waals surface area contributed by atoms with Crippen LogP contribution < -0.4 is 11.3 Å². The number of pyridine rings is 1. The smallest absolute Gasteiger partial charge is 0.0952 e. The van der Waals surface area contributed by atoms with Gasteiger partial charge in [0, 0.05) is 23.6 Å². The number of nitrogens with one attached hydrogen (secondary N) is 1. The van der Waals surface area contributed by atoms with Gasteiger partial charge in [-0.3, -0.25) is 16.3 Å². The van der Waals surface area contributed by atoms with Crippen molar-refractivity contribution in [2.45, 2.75) is 12.5 Å². The molecule has 0 amide bonds. The lowest BCUT2D eigenvalue weighted by atomic mass is 10.1. The van der Waals surface area contributed by atoms with Gasteiger partial charge in [-0.05, 0) is 12.1 Å². The van der Waals surface area contributed by atoms with Crippen LogP contribution in [0.5, 0.6) is 0 Å². The monoisotopic (exact) mass is 296 g/mol. The molecular formula is C16H16N4S. The molecule has 0 aliphatic heterocycles. The van der Waals surface area contributed by atoms with E-state index in [1.165, 1.54) is 0 Å². The third-order valence-electron chi connectivity index (χ3n) is 3.25. The second-order valence-corrected chi connectivity index (χ2v) is 5.61. The number of hydrogen-bond donors (Lipinski definition) is 2. The standard InChI is InChI=1S/C16H16N4S/c17-20-14(13-8-4-5-9-18-13)10-16-19-15(11-21-16)12-6-2-1-3-7-12/h1-9,11,14,20H,10,17H2. The van der Waals surface area contributed by atoms with Crippen LogP contribution in [0, 0.1) is 0 Å². The largest absolute Gasteiger partial charge is 0.271 e. The number of hydrazine groups is 1. The van der Waals surface area contributed by atoms with Crippen LogP contribution in [0.2, 0.25) is 0 Å². The maximum absolute atomic E-state index is 5.66. The van der Waals surface area contributed by atoms with Gasteiger partial charge in [0.25, 0.3) is 0 Å². The summed E-state index contributed by atoms with van der Waals surface area (Å²) in [5, 5.41) is 3.12. The first-order valence-electron chi connectivity index (χ1n) is 6.73. The van der Waals surface area contributed by atoms with Gasteiger partial charge in [-0.15, -0.1) is 11.3 Å². The number of nitrogens with two attached hydrogens (primary N) is 1. The molecule has 2 aromatic heterocycles. The minimum atomic E-state index is -0.0269. The Morgan fingerprint density at radius 2 is 1.90 bits per heavy atom. The molecule has 0 saturated heterocycles. The van der Waals surface area contributed by atoms with Gasteiger partial charge in [0.15, 0.2) is 0 Å². The van der Waals surface area contributed by atoms with Crippen LogP contribution in [0.15, 0.2) is 60.1 Å². The minimum absolute atomic E-state index is 0.0269. The molecular weight excluding hydrogens is 280 g/mol. The molecule has 1 aromatic carbocycles. The molecule has 0 saturated carbocycles. The van der Waals surface area contributed by atoms with Crippen LogP contribution in [0.1, 0.15) is 16.7 Å². The number of thiazole rings is 1. The van der Waals surface area contributed by atoms with Crippen LogP contribution in [-0.2, 0) is 6.42 Å². The van der Waals surface area contributed by atoms with Crippen molar-refractivity contribution in [3.63, 3.8) is 0 Å². The van der Waals surface area contributed by atoms with Gasteiger partial charge < -0.3 is 0 Å². The third-order valence-corrected chi connectivity index (χ3v) is 4.12. The summed E-state index contributed by atoms with van der Waals surface area (Å²) >= 11 is 1.65. The summed E-state index contributed by atoms with van der Waals surface area (Å²) in [5.41, 5.74) is 5.89. The van der Waals surface area contributed by atoms with E-state index in [1.54, 1.807) is 17.5 Å². The molecule has 0 fully saturated rings. The van der Waals surface area contributed by atoms with Crippen molar-refractivity contribution in [3.05, 3.63) is 70.8 Å². The van der Waals surface area contributed by atoms with Gasteiger partial charge in [-0.25, -0.2) is 4.98 Å². The predicted octanol–water partition coefficient (Wildman–Crippen LogP) is 2.95. The van der Waals surface area contributed by atoms with E-state index in [0.717, 1.165) is 28.4 Å². The summed E-state index contributed by atoms with van der Waals surface area (Å²) in [6.07, 6.45) is 2.50. The average Bonchev–Trinajstić information content (AvgIpc) is 3.03. The zero-order chi connectivity index (χ0) is 14.5. The van der Waals surface area contributed by atoms with Gasteiger partial charge in [0.1, 0.15) is 0 Å². The maximum atomic E-state index is 5.66. The number of hydrogen-bond acceptors (Lipinski definition) is 5. The fourth-order valence-corrected chi connectivity index (χ4v) is 3.00. The second-order valence-electron chi connectivity index (χ2n) is 4.67. The molecule has 2 heterocycles. The summed E-state index contributed by atoms with van der Waals surface area (Å²) in [7, 11) is 0. The lowest BCUT2D eigenvalue weighted by molar-refractivity contribution is 0.537. The Labute approximate surface area is 127 Å². The van der Waals surface area contributed by atoms with Gasteiger partial charge in [0.2, 0.25) is 0 Å². The molecule has 4 nitrogen and oxygen atoms in total. The van der Waals surface area contributed by atoms with Crippen molar-refractivity contribution in [1.82, 2.24) is 15.4 Å². The highest BCUT2D eigenvalue weighted by atomic mass is 32.1. The average molecular weight is 296 g/mol. The fraction of sp³-hybridized carbons (Fsp3) is 0.125. The molecule has 21 heavy (non-hydrogen) atoms. The number of benzene rings is 1. The van der Waals surface area contributed by atoms with E-state index in [4.69, 9.17) is 5.84 Å². The molecule has 0 aliphatic carbocycles. The summed E-state index contributed by atoms with van der Waals surface area (Å²) in [6.45, 7) is 0. The predicted molar refractivity (Wildman–Crippen MR) is 85.6 cm³/mol. The number of aromatic nitrogens is 2. The summed E-state index contributed by atoms with van der Waals surface area (Å²) < 4.78 is 0. The first-order valence-corrected chi connectivity index (χ1v) is 7.61. The molecule has 3 aromatic rings. The second kappa shape index (κ2) is 6.58. The Morgan fingerprint density at radius 1 is 1.10 bits per heavy atom. The molecule has 0 radical (unpaired) electrons. The SMILES string of the molecule is NNC(Cc1nc(-c2ccccc2)cs1)c1ccccn1. The van der Waals surface area contributed by atoms with Crippen LogP contribution in [-0.4, -0.2) is 9.97 Å². The van der Waals surface area contributed by atoms with Gasteiger partial charge in [0.05, 0.1) is 22.4 Å². The van der Waals surface area contributed by atoms with E-state index < -0.39 is 0 Å². The van der Waals surface area contributed by atoms with Crippen LogP contribution in [0.3, 0.4) is 0 Å². The highest BCUT2D eigenvalue weighted by Gasteiger charge is 2.14. The van der Waals surface area contributed by atoms with Crippen LogP contribution in [0.25, 0.3) is 11.3 Å². The molecule has 106 valence electrons. The van der Waals surface area contributed by atoms with E-state index >= 15 is 0 Å². The van der Waals surface area contributed by atoms with Crippen molar-refractivity contribution in [2.75, 3.05) is 0 Å². The van der Waals surface area contributed by atoms with Crippen molar-refractivity contribution < 1.29 is 0 Å². The van der Waals surface area contributed by atoms with Gasteiger partial charge >= 0.3 is 0 Å². The fourth-order valence-electron chi connectivity index (χ4n) is 2.15. The molecule has 1 unspecified atom stereocenters. The highest BCUT2D eigenvalue weighted by Crippen LogP contribution is 2.24. The topological polar surface area (TPSA) is 63.8 Å². The molecule has 0 aliphatic rings. The van der Waals surface area contributed by atoms with Crippen molar-refractivity contribution in [2.24, 2.45) is 5.84 Å². The lowest BCUT2D eigenvalue weighted by Gasteiger charge is -2.13. The van der Waals surface area contributed by atoms with Crippen molar-refractivity contribution in [3.8, 4) is 11.3 Å². The third kappa shape index (κ3) is 3.33. The lowest BCUT2D eigenvalue weighted by Crippen LogP contribution is -2.30. The Morgan fingerprint density at radius 3 is 2.62 bits per heavy atom. The molecule has 0 spiro atoms. The number of nitrogens with zero attached hydrogens (tertiary/aromatic N) is 2. The summed E-state index contributed by atoms with van der Waals surface area (Å²) in [5.74, 6) is 5.66. The maximum Gasteiger partial charge on any atom is 0.0952 e. The van der Waals surface area contributed by atoms with Crippen molar-refractivity contribution in [1.29, 1.82) is 0 Å². The van der Waals surface area contributed by atoms with E-state index in [-0.39, 0.29) is 6.04 Å². The normalized spacial score (nSPS) is 12.2. The zero-order valence-electron chi connectivity index (χ0n) is 11.4. The molecule has 0 bridgehead atoms. The molecule has 1 atom stereocenters. The Kier molecular flexibility index (Phi) is 4.35. The Bertz CT molecular complexity index is 682. The van der Waals surface area contributed by atoms with E-state index in [0.29, 0.717) is 0 Å². The Hall–Kier alpha value is -2.08. The Balaban J connectivity index is 1.78. The molecule has 5 heteroatoms. The first kappa shape index (κ1) is 13.9. The van der Waals surface area contributed by atoms with Crippen LogP contribution in [0.4, 0.5) is 0 Å². The zero-order valence-corrected chi connectivity index (χ0v) is 12.3. The van der Waals surface area contributed by atoms with Gasteiger partial charge in [-0.1, -0.05) is 36.4 Å². The number of rotatable bonds is 5. The van der Waals surface area contributed by atoms with E-state index in [9.17, 15) is 0 Å².